The van der Waals surface area contributed by atoms with E-state index in [1.54, 1.807) is 0 Å². The van der Waals surface area contributed by atoms with Crippen molar-refractivity contribution in [3.63, 3.8) is 0 Å². The van der Waals surface area contributed by atoms with Crippen molar-refractivity contribution in [3.8, 4) is 0 Å². The zero-order chi connectivity index (χ0) is 13.9. The zero-order valence-electron chi connectivity index (χ0n) is 11.8. The van der Waals surface area contributed by atoms with Gasteiger partial charge >= 0.3 is 0 Å². The molecular formula is C17H21F2N. The third kappa shape index (κ3) is 1.82. The average Bonchev–Trinajstić information content (AvgIpc) is 2.82. The number of nitrogens with one attached hydrogen (secondary N) is 1. The Hall–Kier alpha value is -0.960. The molecule has 0 spiro atoms. The topological polar surface area (TPSA) is 12.0 Å². The highest BCUT2D eigenvalue weighted by Crippen LogP contribution is 2.72. The monoisotopic (exact) mass is 277 g/mol. The maximum absolute atomic E-state index is 13.5. The van der Waals surface area contributed by atoms with Crippen LogP contribution in [0.4, 0.5) is 8.78 Å². The number of benzene rings is 1. The lowest BCUT2D eigenvalue weighted by atomic mass is 9.93. The summed E-state index contributed by atoms with van der Waals surface area (Å²) in [5.74, 6) is 3.06. The first kappa shape index (κ1) is 12.8. The molecule has 0 heterocycles. The molecule has 3 aliphatic carbocycles. The van der Waals surface area contributed by atoms with E-state index < -0.39 is 11.6 Å². The molecule has 5 atom stereocenters. The van der Waals surface area contributed by atoms with Crippen LogP contribution >= 0.6 is 0 Å². The Bertz CT molecular complexity index is 493. The van der Waals surface area contributed by atoms with Crippen molar-refractivity contribution in [2.75, 3.05) is 6.54 Å². The summed E-state index contributed by atoms with van der Waals surface area (Å²) in [6.07, 6.45) is 4.15. The normalized spacial score (nSPS) is 38.9. The van der Waals surface area contributed by atoms with E-state index in [-0.39, 0.29) is 6.04 Å². The number of fused-ring (bicyclic) bond motifs is 5. The molecule has 20 heavy (non-hydrogen) atoms. The predicted molar refractivity (Wildman–Crippen MR) is 74.1 cm³/mol. The van der Waals surface area contributed by atoms with Gasteiger partial charge in [-0.05, 0) is 73.1 Å². The molecule has 1 aromatic carbocycles. The van der Waals surface area contributed by atoms with Crippen LogP contribution in [0.5, 0.6) is 0 Å². The first-order valence-electron chi connectivity index (χ1n) is 7.88. The Morgan fingerprint density at radius 2 is 1.70 bits per heavy atom. The molecule has 5 unspecified atom stereocenters. The lowest BCUT2D eigenvalue weighted by Gasteiger charge is -2.22. The van der Waals surface area contributed by atoms with Gasteiger partial charge in [-0.25, -0.2) is 8.78 Å². The van der Waals surface area contributed by atoms with E-state index in [4.69, 9.17) is 0 Å². The Morgan fingerprint density at radius 1 is 1.10 bits per heavy atom. The predicted octanol–water partition coefficient (Wildman–Crippen LogP) is 3.91. The van der Waals surface area contributed by atoms with Crippen LogP contribution in [0.25, 0.3) is 0 Å². The second kappa shape index (κ2) is 4.52. The first-order valence-corrected chi connectivity index (χ1v) is 7.88. The lowest BCUT2D eigenvalue weighted by Crippen LogP contribution is -2.25. The second-order valence-corrected chi connectivity index (χ2v) is 6.80. The minimum atomic E-state index is -0.461. The van der Waals surface area contributed by atoms with Crippen LogP contribution < -0.4 is 5.32 Å². The molecule has 0 amide bonds. The molecular weight excluding hydrogens is 256 g/mol. The van der Waals surface area contributed by atoms with Gasteiger partial charge < -0.3 is 5.32 Å². The van der Waals surface area contributed by atoms with Crippen molar-refractivity contribution >= 4 is 0 Å². The highest BCUT2D eigenvalue weighted by Gasteiger charge is 2.66. The van der Waals surface area contributed by atoms with Gasteiger partial charge in [0.25, 0.3) is 0 Å². The number of hydrogen-bond donors (Lipinski definition) is 1. The van der Waals surface area contributed by atoms with Gasteiger partial charge in [-0.1, -0.05) is 6.92 Å². The highest BCUT2D eigenvalue weighted by molar-refractivity contribution is 5.27. The van der Waals surface area contributed by atoms with Crippen molar-refractivity contribution in [1.29, 1.82) is 0 Å². The molecule has 2 bridgehead atoms. The summed E-state index contributed by atoms with van der Waals surface area (Å²) in [4.78, 5) is 0. The number of halogens is 2. The van der Waals surface area contributed by atoms with Crippen molar-refractivity contribution in [1.82, 2.24) is 5.32 Å². The number of hydrogen-bond acceptors (Lipinski definition) is 1. The zero-order valence-corrected chi connectivity index (χ0v) is 11.8. The van der Waals surface area contributed by atoms with Crippen molar-refractivity contribution in [3.05, 3.63) is 35.4 Å². The standard InChI is InChI=1S/C17H21F2N/c1-2-20-17(11-6-12(18)8-13(19)7-11)16-14-9-3-4-10(5-9)15(14)16/h6-10,14-17,20H,2-5H2,1H3. The van der Waals surface area contributed by atoms with Gasteiger partial charge in [0, 0.05) is 12.1 Å². The second-order valence-electron chi connectivity index (χ2n) is 6.80. The minimum Gasteiger partial charge on any atom is -0.310 e. The largest absolute Gasteiger partial charge is 0.310 e. The minimum absolute atomic E-state index is 0.128. The van der Waals surface area contributed by atoms with Gasteiger partial charge in [-0.2, -0.15) is 0 Å². The van der Waals surface area contributed by atoms with E-state index in [9.17, 15) is 8.78 Å². The smallest absolute Gasteiger partial charge is 0.126 e. The van der Waals surface area contributed by atoms with E-state index >= 15 is 0 Å². The van der Waals surface area contributed by atoms with Crippen molar-refractivity contribution in [2.45, 2.75) is 32.2 Å². The molecule has 0 saturated heterocycles. The maximum Gasteiger partial charge on any atom is 0.126 e. The van der Waals surface area contributed by atoms with E-state index in [0.29, 0.717) is 5.92 Å². The van der Waals surface area contributed by atoms with Gasteiger partial charge in [0.15, 0.2) is 0 Å². The molecule has 0 radical (unpaired) electrons. The summed E-state index contributed by atoms with van der Waals surface area (Å²) in [6.45, 7) is 2.91. The van der Waals surface area contributed by atoms with E-state index in [1.165, 1.54) is 31.4 Å². The summed E-state index contributed by atoms with van der Waals surface area (Å²) < 4.78 is 27.0. The molecule has 108 valence electrons. The van der Waals surface area contributed by atoms with Crippen LogP contribution in [0.3, 0.4) is 0 Å². The summed E-state index contributed by atoms with van der Waals surface area (Å²) in [7, 11) is 0. The molecule has 1 N–H and O–H groups in total. The third-order valence-electron chi connectivity index (χ3n) is 5.85. The Morgan fingerprint density at radius 3 is 2.25 bits per heavy atom. The average molecular weight is 277 g/mol. The summed E-state index contributed by atoms with van der Waals surface area (Å²) in [6, 6.07) is 4.10. The summed E-state index contributed by atoms with van der Waals surface area (Å²) in [5, 5.41) is 3.48. The number of rotatable bonds is 4. The molecule has 0 aliphatic heterocycles. The Kier molecular flexibility index (Phi) is 2.88. The van der Waals surface area contributed by atoms with E-state index in [1.807, 2.05) is 0 Å². The fourth-order valence-corrected chi connectivity index (χ4v) is 5.29. The molecule has 3 saturated carbocycles. The SMILES string of the molecule is CCNC(c1cc(F)cc(F)c1)C1C2C3CCC(C3)C21. The van der Waals surface area contributed by atoms with Crippen LogP contribution in [0, 0.1) is 41.2 Å². The van der Waals surface area contributed by atoms with Crippen LogP contribution in [-0.4, -0.2) is 6.54 Å². The molecule has 0 aromatic heterocycles. The molecule has 1 aromatic rings. The van der Waals surface area contributed by atoms with Crippen LogP contribution in [0.15, 0.2) is 18.2 Å². The van der Waals surface area contributed by atoms with Crippen molar-refractivity contribution in [2.24, 2.45) is 29.6 Å². The van der Waals surface area contributed by atoms with Gasteiger partial charge in [0.1, 0.15) is 11.6 Å². The van der Waals surface area contributed by atoms with Gasteiger partial charge in [0.2, 0.25) is 0 Å². The quantitative estimate of drug-likeness (QED) is 0.880. The highest BCUT2D eigenvalue weighted by atomic mass is 19.1. The van der Waals surface area contributed by atoms with Crippen molar-refractivity contribution < 1.29 is 8.78 Å². The molecule has 4 rings (SSSR count). The van der Waals surface area contributed by atoms with Crippen LogP contribution in [0.1, 0.15) is 37.8 Å². The third-order valence-corrected chi connectivity index (χ3v) is 5.85. The van der Waals surface area contributed by atoms with Gasteiger partial charge in [-0.15, -0.1) is 0 Å². The molecule has 3 aliphatic rings. The Labute approximate surface area is 118 Å². The van der Waals surface area contributed by atoms with Gasteiger partial charge in [-0.3, -0.25) is 0 Å². The van der Waals surface area contributed by atoms with E-state index in [2.05, 4.69) is 12.2 Å². The van der Waals surface area contributed by atoms with Gasteiger partial charge in [0.05, 0.1) is 0 Å². The molecule has 3 fully saturated rings. The molecule has 1 nitrogen and oxygen atoms in total. The Balaban J connectivity index is 1.62. The lowest BCUT2D eigenvalue weighted by molar-refractivity contribution is 0.372. The first-order chi connectivity index (χ1) is 9.69. The maximum atomic E-state index is 13.5. The van der Waals surface area contributed by atoms with Crippen LogP contribution in [-0.2, 0) is 0 Å². The fourth-order valence-electron chi connectivity index (χ4n) is 5.29. The fraction of sp³-hybridized carbons (Fsp3) is 0.647. The molecule has 3 heteroatoms. The summed E-state index contributed by atoms with van der Waals surface area (Å²) in [5.41, 5.74) is 0.795. The summed E-state index contributed by atoms with van der Waals surface area (Å²) >= 11 is 0. The van der Waals surface area contributed by atoms with Crippen LogP contribution in [0.2, 0.25) is 0 Å². The van der Waals surface area contributed by atoms with E-state index in [0.717, 1.165) is 41.8 Å².